The third kappa shape index (κ3) is 6.30. The summed E-state index contributed by atoms with van der Waals surface area (Å²) < 4.78 is 10.6. The van der Waals surface area contributed by atoms with Crippen LogP contribution in [0.15, 0.2) is 54.6 Å². The Bertz CT molecular complexity index is 575. The van der Waals surface area contributed by atoms with Gasteiger partial charge < -0.3 is 16.0 Å². The van der Waals surface area contributed by atoms with Crippen LogP contribution in [0.3, 0.4) is 0 Å². The molecule has 0 fully saturated rings. The first-order chi connectivity index (χ1) is 10.2. The van der Waals surface area contributed by atoms with Crippen LogP contribution in [0.5, 0.6) is 5.75 Å². The zero-order valence-corrected chi connectivity index (χ0v) is 17.8. The van der Waals surface area contributed by atoms with Gasteiger partial charge in [-0.25, -0.2) is 4.79 Å². The Morgan fingerprint density at radius 3 is 2.27 bits per heavy atom. The van der Waals surface area contributed by atoms with Gasteiger partial charge in [0.15, 0.2) is 6.10 Å². The molecule has 2 rings (SSSR count). The first kappa shape index (κ1) is 19.5. The SMILES string of the molecule is COC(Cc1ccc(OCc2ccccc2)cc1)C(=O)O.[H-].[Rb+]. The summed E-state index contributed by atoms with van der Waals surface area (Å²) in [6.07, 6.45) is -0.480. The molecule has 2 aromatic rings. The second kappa shape index (κ2) is 10.3. The van der Waals surface area contributed by atoms with E-state index >= 15 is 0 Å². The normalized spacial score (nSPS) is 11.3. The molecule has 1 atom stereocenters. The van der Waals surface area contributed by atoms with Gasteiger partial charge in [-0.2, -0.15) is 0 Å². The van der Waals surface area contributed by atoms with Crippen molar-refractivity contribution in [2.75, 3.05) is 7.11 Å². The van der Waals surface area contributed by atoms with E-state index in [1.165, 1.54) is 7.11 Å². The number of carbonyl (C=O) groups is 1. The summed E-state index contributed by atoms with van der Waals surface area (Å²) in [5.74, 6) is -0.200. The van der Waals surface area contributed by atoms with Crippen molar-refractivity contribution in [2.24, 2.45) is 0 Å². The molecule has 1 N–H and O–H groups in total. The maximum absolute atomic E-state index is 10.9. The van der Waals surface area contributed by atoms with E-state index in [1.54, 1.807) is 0 Å². The third-order valence-corrected chi connectivity index (χ3v) is 3.15. The summed E-state index contributed by atoms with van der Waals surface area (Å²) >= 11 is 0. The van der Waals surface area contributed by atoms with Crippen molar-refractivity contribution in [1.29, 1.82) is 0 Å². The average Bonchev–Trinajstić information content (AvgIpc) is 2.52. The van der Waals surface area contributed by atoms with Gasteiger partial charge in [0.2, 0.25) is 0 Å². The number of hydrogen-bond acceptors (Lipinski definition) is 3. The Labute approximate surface area is 180 Å². The predicted molar refractivity (Wildman–Crippen MR) is 80.5 cm³/mol. The van der Waals surface area contributed by atoms with E-state index < -0.39 is 12.1 Å². The summed E-state index contributed by atoms with van der Waals surface area (Å²) in [6.45, 7) is 0.510. The molecule has 0 bridgehead atoms. The van der Waals surface area contributed by atoms with E-state index in [9.17, 15) is 4.79 Å². The minimum absolute atomic E-state index is 0. The molecule has 0 aliphatic heterocycles. The number of methoxy groups -OCH3 is 1. The monoisotopic (exact) mass is 372 g/mol. The molecule has 2 aromatic carbocycles. The molecule has 0 saturated carbocycles. The quantitative estimate of drug-likeness (QED) is 0.745. The van der Waals surface area contributed by atoms with Gasteiger partial charge in [-0.05, 0) is 23.3 Å². The van der Waals surface area contributed by atoms with Gasteiger partial charge >= 0.3 is 64.2 Å². The molecule has 22 heavy (non-hydrogen) atoms. The van der Waals surface area contributed by atoms with Crippen molar-refractivity contribution >= 4 is 5.97 Å². The van der Waals surface area contributed by atoms with Crippen LogP contribution in [-0.2, 0) is 22.6 Å². The second-order valence-corrected chi connectivity index (χ2v) is 4.68. The Kier molecular flexibility index (Phi) is 9.13. The standard InChI is InChI=1S/C17H18O4.Rb.H/c1-20-16(17(18)19)11-13-7-9-15(10-8-13)21-12-14-5-3-2-4-6-14;;/h2-10,16H,11-12H2,1H3,(H,18,19);;/q;+1;-1. The summed E-state index contributed by atoms with van der Waals surface area (Å²) in [7, 11) is 1.40. The zero-order chi connectivity index (χ0) is 15.1. The van der Waals surface area contributed by atoms with Gasteiger partial charge in [0.25, 0.3) is 0 Å². The van der Waals surface area contributed by atoms with Crippen LogP contribution in [0.1, 0.15) is 12.6 Å². The number of aliphatic carboxylic acids is 1. The third-order valence-electron chi connectivity index (χ3n) is 3.15. The number of hydrogen-bond donors (Lipinski definition) is 1. The van der Waals surface area contributed by atoms with Gasteiger partial charge in [-0.3, -0.25) is 0 Å². The Balaban J connectivity index is 0.00000242. The van der Waals surface area contributed by atoms with Crippen LogP contribution in [0.25, 0.3) is 0 Å². The maximum atomic E-state index is 10.9. The van der Waals surface area contributed by atoms with Crippen molar-refractivity contribution in [3.63, 3.8) is 0 Å². The molecule has 0 radical (unpaired) electrons. The van der Waals surface area contributed by atoms with Crippen molar-refractivity contribution < 1.29 is 79.0 Å². The molecule has 5 heteroatoms. The average molecular weight is 373 g/mol. The number of carboxylic acid groups (broad SMARTS) is 1. The Morgan fingerprint density at radius 2 is 1.73 bits per heavy atom. The molecule has 112 valence electrons. The minimum atomic E-state index is -0.957. The molecule has 0 saturated heterocycles. The van der Waals surface area contributed by atoms with E-state index in [-0.39, 0.29) is 59.6 Å². The second-order valence-electron chi connectivity index (χ2n) is 4.68. The zero-order valence-electron chi connectivity index (χ0n) is 13.9. The van der Waals surface area contributed by atoms with Crippen molar-refractivity contribution in [1.82, 2.24) is 0 Å². The van der Waals surface area contributed by atoms with Crippen molar-refractivity contribution in [3.05, 3.63) is 65.7 Å². The van der Waals surface area contributed by atoms with Crippen LogP contribution in [0.4, 0.5) is 0 Å². The van der Waals surface area contributed by atoms with Gasteiger partial charge in [0.1, 0.15) is 12.4 Å². The van der Waals surface area contributed by atoms with E-state index in [0.717, 1.165) is 16.9 Å². The summed E-state index contributed by atoms with van der Waals surface area (Å²) in [5, 5.41) is 8.95. The molecular formula is C17H19O4Rb. The number of benzene rings is 2. The van der Waals surface area contributed by atoms with E-state index in [2.05, 4.69) is 0 Å². The predicted octanol–water partition coefficient (Wildman–Crippen LogP) is 0.0242. The van der Waals surface area contributed by atoms with Gasteiger partial charge in [0, 0.05) is 13.5 Å². The molecule has 0 amide bonds. The molecular weight excluding hydrogens is 354 g/mol. The Hall–Kier alpha value is -0.525. The molecule has 0 aromatic heterocycles. The number of carboxylic acids is 1. The van der Waals surface area contributed by atoms with Crippen LogP contribution in [0, 0.1) is 0 Å². The first-order valence-electron chi connectivity index (χ1n) is 6.70. The van der Waals surface area contributed by atoms with E-state index in [4.69, 9.17) is 14.6 Å². The smallest absolute Gasteiger partial charge is 1.00 e. The fourth-order valence-electron chi connectivity index (χ4n) is 1.95. The van der Waals surface area contributed by atoms with E-state index in [0.29, 0.717) is 13.0 Å². The molecule has 0 spiro atoms. The van der Waals surface area contributed by atoms with Gasteiger partial charge in [-0.1, -0.05) is 42.5 Å². The summed E-state index contributed by atoms with van der Waals surface area (Å²) in [5.41, 5.74) is 2.00. The largest absolute Gasteiger partial charge is 1.00 e. The van der Waals surface area contributed by atoms with Crippen molar-refractivity contribution in [3.8, 4) is 5.75 Å². The maximum Gasteiger partial charge on any atom is 1.00 e. The minimum Gasteiger partial charge on any atom is -1.00 e. The molecule has 0 heterocycles. The van der Waals surface area contributed by atoms with Gasteiger partial charge in [0.05, 0.1) is 0 Å². The summed E-state index contributed by atoms with van der Waals surface area (Å²) in [4.78, 5) is 10.9. The molecule has 4 nitrogen and oxygen atoms in total. The fraction of sp³-hybridized carbons (Fsp3) is 0.235. The van der Waals surface area contributed by atoms with Crippen LogP contribution >= 0.6 is 0 Å². The van der Waals surface area contributed by atoms with Crippen LogP contribution in [0.2, 0.25) is 0 Å². The molecule has 1 unspecified atom stereocenters. The summed E-state index contributed by atoms with van der Waals surface area (Å²) in [6, 6.07) is 17.3. The van der Waals surface area contributed by atoms with Gasteiger partial charge in [-0.15, -0.1) is 0 Å². The first-order valence-corrected chi connectivity index (χ1v) is 6.70. The fourth-order valence-corrected chi connectivity index (χ4v) is 1.95. The van der Waals surface area contributed by atoms with Crippen LogP contribution in [-0.4, -0.2) is 24.3 Å². The number of rotatable bonds is 7. The topological polar surface area (TPSA) is 55.8 Å². The van der Waals surface area contributed by atoms with Crippen molar-refractivity contribution in [2.45, 2.75) is 19.1 Å². The Morgan fingerprint density at radius 1 is 1.09 bits per heavy atom. The van der Waals surface area contributed by atoms with E-state index in [1.807, 2.05) is 54.6 Å². The number of ether oxygens (including phenoxy) is 2. The molecule has 0 aliphatic rings. The van der Waals surface area contributed by atoms with Crippen LogP contribution < -0.4 is 62.9 Å². The molecule has 0 aliphatic carbocycles.